The molecule has 2 aromatic rings. The topological polar surface area (TPSA) is 41.1 Å². The van der Waals surface area contributed by atoms with E-state index >= 15 is 0 Å². The molecule has 3 nitrogen and oxygen atoms in total. The van der Waals surface area contributed by atoms with Gasteiger partial charge in [-0.2, -0.15) is 0 Å². The van der Waals surface area contributed by atoms with E-state index in [4.69, 9.17) is 11.6 Å². The molecule has 2 N–H and O–H groups in total. The summed E-state index contributed by atoms with van der Waals surface area (Å²) in [5.74, 6) is -0.0272. The number of thiophene rings is 1. The highest BCUT2D eigenvalue weighted by atomic mass is 35.5. The normalized spacial score (nSPS) is 17.6. The van der Waals surface area contributed by atoms with Crippen molar-refractivity contribution in [3.05, 3.63) is 50.9 Å². The number of carbonyl (C=O) groups is 1. The fraction of sp³-hybridized carbons (Fsp3) is 0.214. The van der Waals surface area contributed by atoms with Gasteiger partial charge in [0.2, 0.25) is 0 Å². The lowest BCUT2D eigenvalue weighted by Crippen LogP contribution is -2.38. The Hall–Kier alpha value is -1.52. The Balaban J connectivity index is 1.99. The van der Waals surface area contributed by atoms with Crippen LogP contribution in [0.15, 0.2) is 24.3 Å². The Morgan fingerprint density at radius 1 is 1.26 bits per heavy atom. The third-order valence-corrected chi connectivity index (χ3v) is 4.72. The van der Waals surface area contributed by atoms with Crippen molar-refractivity contribution in [1.29, 1.82) is 0 Å². The molecule has 1 aromatic carbocycles. The van der Waals surface area contributed by atoms with E-state index in [1.807, 2.05) is 38.1 Å². The van der Waals surface area contributed by atoms with Crippen molar-refractivity contribution in [2.24, 2.45) is 0 Å². The molecule has 0 fully saturated rings. The molecule has 0 spiro atoms. The molecule has 5 heteroatoms. The van der Waals surface area contributed by atoms with Crippen molar-refractivity contribution in [2.45, 2.75) is 20.0 Å². The van der Waals surface area contributed by atoms with Gasteiger partial charge in [0.25, 0.3) is 5.91 Å². The number of carbonyl (C=O) groups excluding carboxylic acids is 1. The summed E-state index contributed by atoms with van der Waals surface area (Å²) in [6, 6.07) is 7.51. The third-order valence-electron chi connectivity index (χ3n) is 3.35. The maximum Gasteiger partial charge on any atom is 0.256 e. The second-order valence-corrected chi connectivity index (χ2v) is 6.25. The maximum absolute atomic E-state index is 12.2. The van der Waals surface area contributed by atoms with Gasteiger partial charge >= 0.3 is 0 Å². The van der Waals surface area contributed by atoms with Gasteiger partial charge in [0, 0.05) is 9.90 Å². The van der Waals surface area contributed by atoms with E-state index in [0.717, 1.165) is 21.7 Å². The average Bonchev–Trinajstić information content (AvgIpc) is 2.65. The van der Waals surface area contributed by atoms with Crippen molar-refractivity contribution in [1.82, 2.24) is 5.32 Å². The minimum absolute atomic E-state index is 0.0272. The number of anilines is 1. The number of hydrogen-bond acceptors (Lipinski definition) is 3. The summed E-state index contributed by atoms with van der Waals surface area (Å²) in [6.07, 6.45) is -0.226. The minimum atomic E-state index is -0.226. The van der Waals surface area contributed by atoms with Crippen LogP contribution >= 0.6 is 22.9 Å². The second kappa shape index (κ2) is 4.54. The van der Waals surface area contributed by atoms with E-state index in [-0.39, 0.29) is 12.1 Å². The first kappa shape index (κ1) is 12.5. The summed E-state index contributed by atoms with van der Waals surface area (Å²) >= 11 is 7.61. The standard InChI is InChI=1S/C14H13ClN2OS/c1-7-8(2)19-14-11(7)13(18)16-12(17-14)9-4-3-5-10(15)6-9/h3-6,12,17H,1-2H3,(H,16,18). The fourth-order valence-corrected chi connectivity index (χ4v) is 3.51. The molecule has 0 saturated carbocycles. The zero-order chi connectivity index (χ0) is 13.6. The smallest absolute Gasteiger partial charge is 0.256 e. The lowest BCUT2D eigenvalue weighted by molar-refractivity contribution is 0.0936. The third kappa shape index (κ3) is 2.11. The number of rotatable bonds is 1. The van der Waals surface area contributed by atoms with Gasteiger partial charge in [-0.1, -0.05) is 23.7 Å². The number of halogens is 1. The Morgan fingerprint density at radius 2 is 2.05 bits per heavy atom. The van der Waals surface area contributed by atoms with Gasteiger partial charge in [-0.3, -0.25) is 4.79 Å². The summed E-state index contributed by atoms with van der Waals surface area (Å²) in [5.41, 5.74) is 2.77. The molecule has 0 saturated heterocycles. The summed E-state index contributed by atoms with van der Waals surface area (Å²) in [6.45, 7) is 4.01. The molecule has 19 heavy (non-hydrogen) atoms. The summed E-state index contributed by atoms with van der Waals surface area (Å²) in [5, 5.41) is 7.93. The van der Waals surface area contributed by atoms with Crippen LogP contribution in [-0.2, 0) is 0 Å². The zero-order valence-corrected chi connectivity index (χ0v) is 12.2. The predicted octanol–water partition coefficient (Wildman–Crippen LogP) is 3.87. The molecule has 0 radical (unpaired) electrons. The molecule has 0 aliphatic carbocycles. The molecule has 1 unspecified atom stereocenters. The molecule has 1 aromatic heterocycles. The van der Waals surface area contributed by atoms with Crippen LogP contribution in [0.1, 0.15) is 32.5 Å². The average molecular weight is 293 g/mol. The van der Waals surface area contributed by atoms with E-state index in [1.54, 1.807) is 11.3 Å². The van der Waals surface area contributed by atoms with E-state index in [1.165, 1.54) is 4.88 Å². The van der Waals surface area contributed by atoms with Crippen LogP contribution in [-0.4, -0.2) is 5.91 Å². The first-order chi connectivity index (χ1) is 9.06. The van der Waals surface area contributed by atoms with Crippen LogP contribution in [0.5, 0.6) is 0 Å². The van der Waals surface area contributed by atoms with Crippen molar-refractivity contribution >= 4 is 33.8 Å². The van der Waals surface area contributed by atoms with E-state index in [9.17, 15) is 4.79 Å². The lowest BCUT2D eigenvalue weighted by Gasteiger charge is -2.26. The Kier molecular flexibility index (Phi) is 2.99. The number of fused-ring (bicyclic) bond motifs is 1. The summed E-state index contributed by atoms with van der Waals surface area (Å²) < 4.78 is 0. The van der Waals surface area contributed by atoms with Crippen molar-refractivity contribution in [2.75, 3.05) is 5.32 Å². The molecule has 0 bridgehead atoms. The number of nitrogens with one attached hydrogen (secondary N) is 2. The summed E-state index contributed by atoms with van der Waals surface area (Å²) in [4.78, 5) is 13.4. The largest absolute Gasteiger partial charge is 0.353 e. The molecular formula is C14H13ClN2OS. The molecular weight excluding hydrogens is 280 g/mol. The van der Waals surface area contributed by atoms with E-state index < -0.39 is 0 Å². The van der Waals surface area contributed by atoms with E-state index in [2.05, 4.69) is 10.6 Å². The Bertz CT molecular complexity index is 665. The van der Waals surface area contributed by atoms with Crippen LogP contribution in [0.25, 0.3) is 0 Å². The van der Waals surface area contributed by atoms with Crippen LogP contribution in [0.4, 0.5) is 5.00 Å². The van der Waals surface area contributed by atoms with Crippen LogP contribution in [0.3, 0.4) is 0 Å². The second-order valence-electron chi connectivity index (χ2n) is 4.59. The van der Waals surface area contributed by atoms with Gasteiger partial charge in [-0.25, -0.2) is 0 Å². The van der Waals surface area contributed by atoms with Gasteiger partial charge in [-0.05, 0) is 37.1 Å². The highest BCUT2D eigenvalue weighted by Crippen LogP contribution is 2.37. The fourth-order valence-electron chi connectivity index (χ4n) is 2.23. The van der Waals surface area contributed by atoms with Gasteiger partial charge in [-0.15, -0.1) is 11.3 Å². The van der Waals surface area contributed by atoms with Crippen LogP contribution in [0, 0.1) is 13.8 Å². The van der Waals surface area contributed by atoms with Crippen LogP contribution in [0.2, 0.25) is 5.02 Å². The lowest BCUT2D eigenvalue weighted by atomic mass is 10.1. The van der Waals surface area contributed by atoms with Gasteiger partial charge in [0.05, 0.1) is 5.56 Å². The Morgan fingerprint density at radius 3 is 2.79 bits per heavy atom. The first-order valence-electron chi connectivity index (χ1n) is 5.99. The SMILES string of the molecule is Cc1sc2c(c1C)C(=O)NC(c1cccc(Cl)c1)N2. The highest BCUT2D eigenvalue weighted by molar-refractivity contribution is 7.16. The number of benzene rings is 1. The highest BCUT2D eigenvalue weighted by Gasteiger charge is 2.28. The first-order valence-corrected chi connectivity index (χ1v) is 7.18. The van der Waals surface area contributed by atoms with Crippen molar-refractivity contribution in [3.8, 4) is 0 Å². The maximum atomic E-state index is 12.2. The monoisotopic (exact) mass is 292 g/mol. The molecule has 98 valence electrons. The molecule has 1 atom stereocenters. The molecule has 2 heterocycles. The quantitative estimate of drug-likeness (QED) is 0.838. The summed E-state index contributed by atoms with van der Waals surface area (Å²) in [7, 11) is 0. The number of aryl methyl sites for hydroxylation is 1. The van der Waals surface area contributed by atoms with Gasteiger partial charge in [0.15, 0.2) is 0 Å². The number of hydrogen-bond donors (Lipinski definition) is 2. The van der Waals surface area contributed by atoms with E-state index in [0.29, 0.717) is 5.02 Å². The zero-order valence-electron chi connectivity index (χ0n) is 10.6. The molecule has 1 aliphatic rings. The molecule has 1 aliphatic heterocycles. The minimum Gasteiger partial charge on any atom is -0.353 e. The van der Waals surface area contributed by atoms with Gasteiger partial charge < -0.3 is 10.6 Å². The van der Waals surface area contributed by atoms with Crippen molar-refractivity contribution < 1.29 is 4.79 Å². The predicted molar refractivity (Wildman–Crippen MR) is 79.1 cm³/mol. The van der Waals surface area contributed by atoms with Gasteiger partial charge in [0.1, 0.15) is 11.2 Å². The number of amides is 1. The van der Waals surface area contributed by atoms with Crippen LogP contribution < -0.4 is 10.6 Å². The molecule has 1 amide bonds. The Labute approximate surface area is 120 Å². The molecule has 3 rings (SSSR count). The van der Waals surface area contributed by atoms with Crippen molar-refractivity contribution in [3.63, 3.8) is 0 Å².